The number of nitrogens with one attached hydrogen (secondary N) is 1. The highest BCUT2D eigenvalue weighted by molar-refractivity contribution is 7.89. The van der Waals surface area contributed by atoms with Crippen LogP contribution in [0, 0.1) is 0 Å². The monoisotopic (exact) mass is 301 g/mol. The zero-order valence-corrected chi connectivity index (χ0v) is 14.2. The van der Waals surface area contributed by atoms with E-state index in [2.05, 4.69) is 5.32 Å². The van der Waals surface area contributed by atoms with Crippen LogP contribution < -0.4 is 5.32 Å². The Morgan fingerprint density at radius 2 is 1.95 bits per heavy atom. The van der Waals surface area contributed by atoms with E-state index in [1.165, 1.54) is 4.31 Å². The summed E-state index contributed by atoms with van der Waals surface area (Å²) in [5.74, 6) is 0. The quantitative estimate of drug-likeness (QED) is 0.840. The van der Waals surface area contributed by atoms with Gasteiger partial charge in [0, 0.05) is 37.6 Å². The average molecular weight is 301 g/mol. The van der Waals surface area contributed by atoms with Crippen molar-refractivity contribution in [3.63, 3.8) is 0 Å². The molecule has 1 N–H and O–H groups in total. The van der Waals surface area contributed by atoms with Crippen LogP contribution in [0.2, 0.25) is 0 Å². The van der Waals surface area contributed by atoms with Crippen LogP contribution in [-0.4, -0.2) is 37.4 Å². The molecular formula is C14H27N3O2S. The van der Waals surface area contributed by atoms with Crippen molar-refractivity contribution in [3.05, 3.63) is 18.0 Å². The van der Waals surface area contributed by atoms with Gasteiger partial charge in [0.1, 0.15) is 4.90 Å². The second kappa shape index (κ2) is 6.74. The van der Waals surface area contributed by atoms with Crippen molar-refractivity contribution in [1.82, 2.24) is 14.2 Å². The first-order valence-corrected chi connectivity index (χ1v) is 8.53. The van der Waals surface area contributed by atoms with Gasteiger partial charge in [0.05, 0.1) is 0 Å². The van der Waals surface area contributed by atoms with E-state index in [4.69, 9.17) is 0 Å². The first kappa shape index (κ1) is 17.2. The third kappa shape index (κ3) is 3.42. The third-order valence-electron chi connectivity index (χ3n) is 3.71. The van der Waals surface area contributed by atoms with Crippen molar-refractivity contribution in [2.75, 3.05) is 14.1 Å². The van der Waals surface area contributed by atoms with Gasteiger partial charge in [-0.25, -0.2) is 8.42 Å². The lowest BCUT2D eigenvalue weighted by molar-refractivity contribution is 0.380. The highest BCUT2D eigenvalue weighted by atomic mass is 32.2. The van der Waals surface area contributed by atoms with E-state index in [9.17, 15) is 8.42 Å². The van der Waals surface area contributed by atoms with Crippen LogP contribution in [-0.2, 0) is 16.6 Å². The zero-order valence-electron chi connectivity index (χ0n) is 13.3. The second-order valence-corrected chi connectivity index (χ2v) is 7.47. The van der Waals surface area contributed by atoms with Gasteiger partial charge in [-0.15, -0.1) is 0 Å². The van der Waals surface area contributed by atoms with Crippen LogP contribution in [0.5, 0.6) is 0 Å². The molecule has 1 aromatic rings. The van der Waals surface area contributed by atoms with E-state index in [1.54, 1.807) is 19.3 Å². The molecule has 0 aromatic carbocycles. The van der Waals surface area contributed by atoms with E-state index < -0.39 is 10.0 Å². The Bertz CT molecular complexity index is 535. The number of sulfonamides is 1. The average Bonchev–Trinajstić information content (AvgIpc) is 2.82. The summed E-state index contributed by atoms with van der Waals surface area (Å²) >= 11 is 0. The molecule has 6 heteroatoms. The lowest BCUT2D eigenvalue weighted by Crippen LogP contribution is -2.34. The topological polar surface area (TPSA) is 54.3 Å². The van der Waals surface area contributed by atoms with E-state index in [1.807, 2.05) is 39.3 Å². The molecule has 0 aliphatic heterocycles. The van der Waals surface area contributed by atoms with Gasteiger partial charge in [-0.2, -0.15) is 4.31 Å². The molecule has 0 aliphatic rings. The van der Waals surface area contributed by atoms with Crippen LogP contribution in [0.3, 0.4) is 0 Å². The van der Waals surface area contributed by atoms with Crippen molar-refractivity contribution >= 4 is 10.0 Å². The Kier molecular flexibility index (Phi) is 5.79. The van der Waals surface area contributed by atoms with Crippen LogP contribution in [0.1, 0.15) is 45.9 Å². The van der Waals surface area contributed by atoms with Gasteiger partial charge in [-0.05, 0) is 40.3 Å². The highest BCUT2D eigenvalue weighted by Crippen LogP contribution is 2.23. The Morgan fingerprint density at radius 1 is 1.35 bits per heavy atom. The predicted octanol–water partition coefficient (Wildman–Crippen LogP) is 2.21. The summed E-state index contributed by atoms with van der Waals surface area (Å²) in [6.45, 7) is 8.66. The normalized spacial score (nSPS) is 14.2. The van der Waals surface area contributed by atoms with Crippen molar-refractivity contribution in [2.45, 2.75) is 57.6 Å². The van der Waals surface area contributed by atoms with Crippen molar-refractivity contribution in [3.8, 4) is 0 Å². The van der Waals surface area contributed by atoms with Gasteiger partial charge in [-0.3, -0.25) is 0 Å². The van der Waals surface area contributed by atoms with Gasteiger partial charge in [0.15, 0.2) is 0 Å². The van der Waals surface area contributed by atoms with E-state index >= 15 is 0 Å². The fourth-order valence-corrected chi connectivity index (χ4v) is 3.59. The SMILES string of the molecule is CCC(C)N(C)S(=O)(=O)c1cc(CNC)n(C(C)C)c1. The number of aromatic nitrogens is 1. The number of hydrogen-bond donors (Lipinski definition) is 1. The van der Waals surface area contributed by atoms with E-state index in [0.29, 0.717) is 11.4 Å². The molecule has 0 saturated heterocycles. The minimum absolute atomic E-state index is 0.00449. The molecular weight excluding hydrogens is 274 g/mol. The number of nitrogens with zero attached hydrogens (tertiary/aromatic N) is 2. The molecule has 1 aromatic heterocycles. The first-order chi connectivity index (χ1) is 9.25. The molecule has 1 unspecified atom stereocenters. The molecule has 0 aliphatic carbocycles. The Morgan fingerprint density at radius 3 is 2.40 bits per heavy atom. The predicted molar refractivity (Wildman–Crippen MR) is 82.3 cm³/mol. The maximum atomic E-state index is 12.6. The molecule has 20 heavy (non-hydrogen) atoms. The molecule has 0 radical (unpaired) electrons. The highest BCUT2D eigenvalue weighted by Gasteiger charge is 2.26. The lowest BCUT2D eigenvalue weighted by Gasteiger charge is -2.22. The van der Waals surface area contributed by atoms with E-state index in [0.717, 1.165) is 12.1 Å². The summed E-state index contributed by atoms with van der Waals surface area (Å²) in [6, 6.07) is 2.00. The van der Waals surface area contributed by atoms with Crippen LogP contribution >= 0.6 is 0 Å². The van der Waals surface area contributed by atoms with Crippen molar-refractivity contribution in [2.24, 2.45) is 0 Å². The minimum atomic E-state index is -3.42. The summed E-state index contributed by atoms with van der Waals surface area (Å²) in [5.41, 5.74) is 0.985. The molecule has 0 fully saturated rings. The molecule has 0 amide bonds. The van der Waals surface area contributed by atoms with Gasteiger partial charge in [-0.1, -0.05) is 6.92 Å². The summed E-state index contributed by atoms with van der Waals surface area (Å²) in [4.78, 5) is 0.374. The fourth-order valence-electron chi connectivity index (χ4n) is 2.10. The third-order valence-corrected chi connectivity index (χ3v) is 5.65. The lowest BCUT2D eigenvalue weighted by atomic mass is 10.3. The molecule has 1 rings (SSSR count). The Hall–Kier alpha value is -0.850. The van der Waals surface area contributed by atoms with Crippen LogP contribution in [0.4, 0.5) is 0 Å². The second-order valence-electron chi connectivity index (χ2n) is 5.48. The van der Waals surface area contributed by atoms with Gasteiger partial charge in [0.2, 0.25) is 10.0 Å². The van der Waals surface area contributed by atoms with Crippen molar-refractivity contribution < 1.29 is 8.42 Å². The van der Waals surface area contributed by atoms with Gasteiger partial charge in [0.25, 0.3) is 0 Å². The first-order valence-electron chi connectivity index (χ1n) is 7.09. The summed E-state index contributed by atoms with van der Waals surface area (Å²) in [5, 5.41) is 3.08. The zero-order chi connectivity index (χ0) is 15.5. The molecule has 1 heterocycles. The molecule has 116 valence electrons. The maximum absolute atomic E-state index is 12.6. The van der Waals surface area contributed by atoms with Crippen LogP contribution in [0.25, 0.3) is 0 Å². The largest absolute Gasteiger partial charge is 0.346 e. The number of rotatable bonds is 7. The summed E-state index contributed by atoms with van der Waals surface area (Å²) in [7, 11) is 0.0859. The van der Waals surface area contributed by atoms with E-state index in [-0.39, 0.29) is 12.1 Å². The van der Waals surface area contributed by atoms with Gasteiger partial charge < -0.3 is 9.88 Å². The molecule has 5 nitrogen and oxygen atoms in total. The standard InChI is InChI=1S/C14H27N3O2S/c1-7-12(4)16(6)20(18,19)14-8-13(9-15-5)17(10-14)11(2)3/h8,10-12,15H,7,9H2,1-6H3. The fraction of sp³-hybridized carbons (Fsp3) is 0.714. The van der Waals surface area contributed by atoms with Gasteiger partial charge >= 0.3 is 0 Å². The van der Waals surface area contributed by atoms with Crippen LogP contribution in [0.15, 0.2) is 17.2 Å². The smallest absolute Gasteiger partial charge is 0.244 e. The number of hydrogen-bond acceptors (Lipinski definition) is 3. The molecule has 0 bridgehead atoms. The molecule has 0 saturated carbocycles. The Balaban J connectivity index is 3.22. The summed E-state index contributed by atoms with van der Waals surface area (Å²) in [6.07, 6.45) is 2.54. The molecule has 0 spiro atoms. The molecule has 1 atom stereocenters. The van der Waals surface area contributed by atoms with Crippen molar-refractivity contribution in [1.29, 1.82) is 0 Å². The minimum Gasteiger partial charge on any atom is -0.346 e. The summed E-state index contributed by atoms with van der Waals surface area (Å²) < 4.78 is 28.7. The Labute approximate surface area is 123 Å². The maximum Gasteiger partial charge on any atom is 0.244 e.